The highest BCUT2D eigenvalue weighted by Crippen LogP contribution is 2.24. The number of pyridine rings is 1. The summed E-state index contributed by atoms with van der Waals surface area (Å²) >= 11 is 0. The predicted molar refractivity (Wildman–Crippen MR) is 102 cm³/mol. The Morgan fingerprint density at radius 2 is 2.08 bits per heavy atom. The molecule has 0 unspecified atom stereocenters. The largest absolute Gasteiger partial charge is 0.396 e. The number of piperidine rings is 2. The van der Waals surface area contributed by atoms with Crippen molar-refractivity contribution in [2.45, 2.75) is 44.7 Å². The maximum atomic E-state index is 12.6. The summed E-state index contributed by atoms with van der Waals surface area (Å²) < 4.78 is 0. The van der Waals surface area contributed by atoms with Crippen molar-refractivity contribution in [2.24, 2.45) is 5.92 Å². The highest BCUT2D eigenvalue weighted by molar-refractivity contribution is 5.78. The summed E-state index contributed by atoms with van der Waals surface area (Å²) in [5.41, 5.74) is 0.906. The second-order valence-electron chi connectivity index (χ2n) is 7.52. The third-order valence-electron chi connectivity index (χ3n) is 5.70. The van der Waals surface area contributed by atoms with Crippen LogP contribution < -0.4 is 5.32 Å². The Bertz CT molecular complexity index is 546. The van der Waals surface area contributed by atoms with E-state index in [2.05, 4.69) is 20.1 Å². The molecule has 3 heterocycles. The molecule has 26 heavy (non-hydrogen) atoms. The van der Waals surface area contributed by atoms with Gasteiger partial charge in [-0.1, -0.05) is 6.07 Å². The normalized spacial score (nSPS) is 23.0. The minimum Gasteiger partial charge on any atom is -0.396 e. The van der Waals surface area contributed by atoms with Gasteiger partial charge in [0.05, 0.1) is 18.2 Å². The van der Waals surface area contributed by atoms with Gasteiger partial charge in [-0.3, -0.25) is 14.7 Å². The molecule has 6 heteroatoms. The molecule has 0 radical (unpaired) electrons. The highest BCUT2D eigenvalue weighted by Gasteiger charge is 2.31. The molecule has 0 saturated carbocycles. The number of carbonyl (C=O) groups is 1. The number of aromatic nitrogens is 1. The number of hydrogen-bond donors (Lipinski definition) is 2. The van der Waals surface area contributed by atoms with Crippen LogP contribution in [-0.2, 0) is 11.3 Å². The van der Waals surface area contributed by atoms with Crippen molar-refractivity contribution in [3.8, 4) is 0 Å². The molecule has 2 N–H and O–H groups in total. The van der Waals surface area contributed by atoms with Crippen LogP contribution in [0, 0.1) is 5.92 Å². The van der Waals surface area contributed by atoms with Crippen LogP contribution in [0.4, 0.5) is 0 Å². The van der Waals surface area contributed by atoms with Gasteiger partial charge in [-0.2, -0.15) is 0 Å². The van der Waals surface area contributed by atoms with Crippen LogP contribution in [0.15, 0.2) is 24.4 Å². The first-order valence-corrected chi connectivity index (χ1v) is 10.0. The lowest BCUT2D eigenvalue weighted by Crippen LogP contribution is -2.50. The van der Waals surface area contributed by atoms with E-state index in [1.165, 1.54) is 12.8 Å². The zero-order valence-corrected chi connectivity index (χ0v) is 15.6. The Labute approximate surface area is 156 Å². The number of rotatable bonds is 7. The smallest absolute Gasteiger partial charge is 0.224 e. The Hall–Kier alpha value is -1.50. The first kappa shape index (κ1) is 19.3. The van der Waals surface area contributed by atoms with Crippen molar-refractivity contribution in [2.75, 3.05) is 39.3 Å². The Morgan fingerprint density at radius 1 is 1.23 bits per heavy atom. The molecule has 6 nitrogen and oxygen atoms in total. The molecule has 1 atom stereocenters. The van der Waals surface area contributed by atoms with Gasteiger partial charge in [0.25, 0.3) is 0 Å². The van der Waals surface area contributed by atoms with Crippen LogP contribution in [0.3, 0.4) is 0 Å². The molecule has 144 valence electrons. The molecule has 3 rings (SSSR count). The van der Waals surface area contributed by atoms with Crippen LogP contribution in [0.25, 0.3) is 0 Å². The lowest BCUT2D eigenvalue weighted by atomic mass is 9.93. The van der Waals surface area contributed by atoms with Crippen LogP contribution in [0.2, 0.25) is 0 Å². The summed E-state index contributed by atoms with van der Waals surface area (Å²) in [7, 11) is 0. The molecule has 0 aromatic carbocycles. The van der Waals surface area contributed by atoms with E-state index in [1.54, 1.807) is 6.20 Å². The SMILES string of the molecule is O=C(NCc1ccccn1)[C@H]1CCCN(C2CCN(CCCO)CC2)C1. The standard InChI is InChI=1S/C20H32N4O2/c25-14-4-10-23-12-7-19(8-13-23)24-11-3-5-17(16-24)20(26)22-15-18-6-1-2-9-21-18/h1-2,6,9,17,19,25H,3-5,7-8,10-16H2,(H,22,26)/t17-/m0/s1. The molecule has 0 spiro atoms. The second-order valence-corrected chi connectivity index (χ2v) is 7.52. The van der Waals surface area contributed by atoms with Crippen LogP contribution >= 0.6 is 0 Å². The minimum atomic E-state index is 0.0971. The molecule has 0 aliphatic carbocycles. The molecule has 1 aromatic heterocycles. The zero-order valence-electron chi connectivity index (χ0n) is 15.6. The third kappa shape index (κ3) is 5.50. The van der Waals surface area contributed by atoms with Gasteiger partial charge in [-0.15, -0.1) is 0 Å². The monoisotopic (exact) mass is 360 g/mol. The van der Waals surface area contributed by atoms with E-state index in [-0.39, 0.29) is 18.4 Å². The molecule has 2 saturated heterocycles. The van der Waals surface area contributed by atoms with Crippen molar-refractivity contribution in [3.05, 3.63) is 30.1 Å². The Kier molecular flexibility index (Phi) is 7.41. The van der Waals surface area contributed by atoms with Gasteiger partial charge in [-0.05, 0) is 63.9 Å². The fourth-order valence-corrected chi connectivity index (χ4v) is 4.18. The number of hydrogen-bond acceptors (Lipinski definition) is 5. The van der Waals surface area contributed by atoms with Crippen LogP contribution in [0.5, 0.6) is 0 Å². The van der Waals surface area contributed by atoms with Gasteiger partial charge in [0.2, 0.25) is 5.91 Å². The molecule has 2 aliphatic rings. The number of aliphatic hydroxyl groups is 1. The second kappa shape index (κ2) is 10.00. The number of carbonyl (C=O) groups excluding carboxylic acids is 1. The van der Waals surface area contributed by atoms with Gasteiger partial charge in [-0.25, -0.2) is 0 Å². The number of nitrogens with one attached hydrogen (secondary N) is 1. The van der Waals surface area contributed by atoms with Crippen molar-refractivity contribution in [3.63, 3.8) is 0 Å². The van der Waals surface area contributed by atoms with Crippen LogP contribution in [0.1, 0.15) is 37.8 Å². The van der Waals surface area contributed by atoms with Gasteiger partial charge < -0.3 is 15.3 Å². The summed E-state index contributed by atoms with van der Waals surface area (Å²) in [4.78, 5) is 21.8. The van der Waals surface area contributed by atoms with Crippen molar-refractivity contribution >= 4 is 5.91 Å². The van der Waals surface area contributed by atoms with Gasteiger partial charge >= 0.3 is 0 Å². The van der Waals surface area contributed by atoms with E-state index in [4.69, 9.17) is 5.11 Å². The number of amides is 1. The van der Waals surface area contributed by atoms with E-state index in [0.29, 0.717) is 12.6 Å². The molecule has 2 fully saturated rings. The van der Waals surface area contributed by atoms with Gasteiger partial charge in [0.15, 0.2) is 0 Å². The van der Waals surface area contributed by atoms with Crippen molar-refractivity contribution < 1.29 is 9.90 Å². The molecule has 1 amide bonds. The topological polar surface area (TPSA) is 68.7 Å². The molecule has 1 aromatic rings. The van der Waals surface area contributed by atoms with E-state index >= 15 is 0 Å². The fourth-order valence-electron chi connectivity index (χ4n) is 4.18. The van der Waals surface area contributed by atoms with E-state index in [1.807, 2.05) is 18.2 Å². The third-order valence-corrected chi connectivity index (χ3v) is 5.70. The molecular formula is C20H32N4O2. The van der Waals surface area contributed by atoms with E-state index in [9.17, 15) is 4.79 Å². The molecule has 2 aliphatic heterocycles. The maximum absolute atomic E-state index is 12.6. The number of likely N-dealkylation sites (tertiary alicyclic amines) is 2. The van der Waals surface area contributed by atoms with E-state index < -0.39 is 0 Å². The maximum Gasteiger partial charge on any atom is 0.224 e. The Morgan fingerprint density at radius 3 is 2.81 bits per heavy atom. The van der Waals surface area contributed by atoms with Crippen molar-refractivity contribution in [1.82, 2.24) is 20.1 Å². The highest BCUT2D eigenvalue weighted by atomic mass is 16.3. The number of nitrogens with zero attached hydrogens (tertiary/aromatic N) is 3. The van der Waals surface area contributed by atoms with Gasteiger partial charge in [0, 0.05) is 31.9 Å². The fraction of sp³-hybridized carbons (Fsp3) is 0.700. The predicted octanol–water partition coefficient (Wildman–Crippen LogP) is 1.26. The quantitative estimate of drug-likeness (QED) is 0.766. The summed E-state index contributed by atoms with van der Waals surface area (Å²) in [6, 6.07) is 6.38. The minimum absolute atomic E-state index is 0.0971. The lowest BCUT2D eigenvalue weighted by Gasteiger charge is -2.42. The Balaban J connectivity index is 1.43. The first-order chi connectivity index (χ1) is 12.8. The molecular weight excluding hydrogens is 328 g/mol. The van der Waals surface area contributed by atoms with Crippen molar-refractivity contribution in [1.29, 1.82) is 0 Å². The van der Waals surface area contributed by atoms with E-state index in [0.717, 1.165) is 57.7 Å². The first-order valence-electron chi connectivity index (χ1n) is 10.0. The average Bonchev–Trinajstić information content (AvgIpc) is 2.71. The summed E-state index contributed by atoms with van der Waals surface area (Å²) in [5.74, 6) is 0.264. The summed E-state index contributed by atoms with van der Waals surface area (Å²) in [6.45, 7) is 6.01. The summed E-state index contributed by atoms with van der Waals surface area (Å²) in [5, 5.41) is 12.0. The average molecular weight is 361 g/mol. The van der Waals surface area contributed by atoms with Gasteiger partial charge in [0.1, 0.15) is 0 Å². The van der Waals surface area contributed by atoms with Crippen LogP contribution in [-0.4, -0.2) is 71.2 Å². The zero-order chi connectivity index (χ0) is 18.2. The molecule has 0 bridgehead atoms. The number of aliphatic hydroxyl groups excluding tert-OH is 1. The lowest BCUT2D eigenvalue weighted by molar-refractivity contribution is -0.127. The summed E-state index contributed by atoms with van der Waals surface area (Å²) in [6.07, 6.45) is 7.07.